The molecule has 0 unspecified atom stereocenters. The Labute approximate surface area is 167 Å². The van der Waals surface area contributed by atoms with E-state index in [4.69, 9.17) is 14.5 Å². The van der Waals surface area contributed by atoms with Crippen LogP contribution in [-0.4, -0.2) is 54.7 Å². The van der Waals surface area contributed by atoms with Crippen LogP contribution in [0.2, 0.25) is 0 Å². The van der Waals surface area contributed by atoms with Crippen molar-refractivity contribution in [3.8, 4) is 5.75 Å². The molecular formula is C21H21N3O3S. The van der Waals surface area contributed by atoms with Crippen LogP contribution in [0.1, 0.15) is 5.01 Å². The Balaban J connectivity index is 1.41. The molecule has 3 heterocycles. The molecule has 7 heteroatoms. The number of hydrogen-bond donors (Lipinski definition) is 0. The number of carbonyl (C=O) groups is 1. The lowest BCUT2D eigenvalue weighted by Gasteiger charge is -2.38. The summed E-state index contributed by atoms with van der Waals surface area (Å²) in [5.41, 5.74) is 2.03. The van der Waals surface area contributed by atoms with Crippen molar-refractivity contribution in [2.75, 3.05) is 37.7 Å². The van der Waals surface area contributed by atoms with Gasteiger partial charge in [-0.25, -0.2) is 4.98 Å². The van der Waals surface area contributed by atoms with E-state index in [0.29, 0.717) is 39.4 Å². The predicted octanol–water partition coefficient (Wildman–Crippen LogP) is 2.92. The first-order valence-corrected chi connectivity index (χ1v) is 10.3. The van der Waals surface area contributed by atoms with E-state index in [2.05, 4.69) is 11.0 Å². The van der Waals surface area contributed by atoms with Gasteiger partial charge in [-0.05, 0) is 24.3 Å². The number of anilines is 1. The van der Waals surface area contributed by atoms with E-state index in [0.717, 1.165) is 22.0 Å². The highest BCUT2D eigenvalue weighted by Gasteiger charge is 2.34. The Hall–Kier alpha value is -2.64. The van der Waals surface area contributed by atoms with Gasteiger partial charge in [0.2, 0.25) is 0 Å². The molecule has 6 nitrogen and oxygen atoms in total. The molecule has 5 rings (SSSR count). The third kappa shape index (κ3) is 3.31. The minimum atomic E-state index is -0.512. The summed E-state index contributed by atoms with van der Waals surface area (Å²) in [5.74, 6) is 0.786. The minimum Gasteiger partial charge on any atom is -0.477 e. The molecular weight excluding hydrogens is 374 g/mol. The van der Waals surface area contributed by atoms with Gasteiger partial charge in [0.05, 0.1) is 42.2 Å². The molecule has 1 amide bonds. The van der Waals surface area contributed by atoms with Crippen LogP contribution in [0.15, 0.2) is 48.5 Å². The Morgan fingerprint density at radius 3 is 2.75 bits per heavy atom. The van der Waals surface area contributed by atoms with Gasteiger partial charge in [-0.3, -0.25) is 4.79 Å². The van der Waals surface area contributed by atoms with Crippen LogP contribution in [-0.2, 0) is 16.1 Å². The Bertz CT molecular complexity index is 966. The highest BCUT2D eigenvalue weighted by molar-refractivity contribution is 7.18. The maximum Gasteiger partial charge on any atom is 0.265 e. The zero-order chi connectivity index (χ0) is 18.9. The normalized spacial score (nSPS) is 19.4. The van der Waals surface area contributed by atoms with Crippen LogP contribution in [0.3, 0.4) is 0 Å². The number of morpholine rings is 1. The number of hydrogen-bond acceptors (Lipinski definition) is 6. The molecule has 0 N–H and O–H groups in total. The Morgan fingerprint density at radius 1 is 1.11 bits per heavy atom. The standard InChI is InChI=1S/C21H21N3O3S/c25-21(23-9-11-26-12-10-23)18-13-24(16-6-2-3-7-17(16)27-18)14-20-22-15-5-1-4-8-19(15)28-20/h1-8,18H,9-14H2/t18-/m1/s1. The molecule has 1 saturated heterocycles. The maximum absolute atomic E-state index is 13.0. The van der Waals surface area contributed by atoms with Crippen molar-refractivity contribution in [1.29, 1.82) is 0 Å². The number of amides is 1. The number of ether oxygens (including phenoxy) is 2. The highest BCUT2D eigenvalue weighted by Crippen LogP contribution is 2.35. The fourth-order valence-corrected chi connectivity index (χ4v) is 4.71. The third-order valence-corrected chi connectivity index (χ3v) is 6.15. The topological polar surface area (TPSA) is 54.9 Å². The molecule has 3 aromatic rings. The molecule has 2 aromatic carbocycles. The second kappa shape index (κ2) is 7.41. The number of thiazole rings is 1. The van der Waals surface area contributed by atoms with Crippen molar-refractivity contribution < 1.29 is 14.3 Å². The summed E-state index contributed by atoms with van der Waals surface area (Å²) in [6.45, 7) is 3.60. The lowest BCUT2D eigenvalue weighted by Crippen LogP contribution is -2.52. The lowest BCUT2D eigenvalue weighted by molar-refractivity contribution is -0.142. The summed E-state index contributed by atoms with van der Waals surface area (Å²) in [4.78, 5) is 21.8. The van der Waals surface area contributed by atoms with E-state index < -0.39 is 6.10 Å². The second-order valence-corrected chi connectivity index (χ2v) is 8.08. The molecule has 144 valence electrons. The average Bonchev–Trinajstić information content (AvgIpc) is 3.16. The van der Waals surface area contributed by atoms with Crippen LogP contribution < -0.4 is 9.64 Å². The van der Waals surface area contributed by atoms with E-state index in [1.165, 1.54) is 4.70 Å². The van der Waals surface area contributed by atoms with E-state index in [-0.39, 0.29) is 5.91 Å². The smallest absolute Gasteiger partial charge is 0.265 e. The van der Waals surface area contributed by atoms with Crippen LogP contribution in [0.5, 0.6) is 5.75 Å². The number of benzene rings is 2. The van der Waals surface area contributed by atoms with Crippen LogP contribution in [0.4, 0.5) is 5.69 Å². The quantitative estimate of drug-likeness (QED) is 0.683. The van der Waals surface area contributed by atoms with Crippen LogP contribution in [0, 0.1) is 0 Å². The zero-order valence-corrected chi connectivity index (χ0v) is 16.2. The fourth-order valence-electron chi connectivity index (χ4n) is 3.72. The Morgan fingerprint density at radius 2 is 1.89 bits per heavy atom. The number of rotatable bonds is 3. The molecule has 0 saturated carbocycles. The molecule has 1 atom stereocenters. The first-order valence-electron chi connectivity index (χ1n) is 9.49. The third-order valence-electron chi connectivity index (χ3n) is 5.12. The summed E-state index contributed by atoms with van der Waals surface area (Å²) in [6, 6.07) is 16.1. The molecule has 2 aliphatic heterocycles. The van der Waals surface area contributed by atoms with Gasteiger partial charge in [-0.2, -0.15) is 0 Å². The van der Waals surface area contributed by atoms with Crippen molar-refractivity contribution in [2.24, 2.45) is 0 Å². The SMILES string of the molecule is O=C([C@H]1CN(Cc2nc3ccccc3s2)c2ccccc2O1)N1CCOCC1. The van der Waals surface area contributed by atoms with Gasteiger partial charge in [0, 0.05) is 13.1 Å². The Kier molecular flexibility index (Phi) is 4.62. The second-order valence-electron chi connectivity index (χ2n) is 6.97. The van der Waals surface area contributed by atoms with Crippen molar-refractivity contribution in [1.82, 2.24) is 9.88 Å². The van der Waals surface area contributed by atoms with Gasteiger partial charge in [0.1, 0.15) is 10.8 Å². The molecule has 28 heavy (non-hydrogen) atoms. The van der Waals surface area contributed by atoms with E-state index in [1.807, 2.05) is 47.4 Å². The van der Waals surface area contributed by atoms with Gasteiger partial charge in [-0.15, -0.1) is 11.3 Å². The molecule has 1 aromatic heterocycles. The van der Waals surface area contributed by atoms with Crippen molar-refractivity contribution in [2.45, 2.75) is 12.6 Å². The number of para-hydroxylation sites is 3. The summed E-state index contributed by atoms with van der Waals surface area (Å²) >= 11 is 1.70. The fraction of sp³-hybridized carbons (Fsp3) is 0.333. The molecule has 0 bridgehead atoms. The van der Waals surface area contributed by atoms with Crippen molar-refractivity contribution in [3.05, 3.63) is 53.5 Å². The van der Waals surface area contributed by atoms with Gasteiger partial charge in [0.25, 0.3) is 5.91 Å². The summed E-state index contributed by atoms with van der Waals surface area (Å²) in [5, 5.41) is 1.04. The molecule has 1 fully saturated rings. The van der Waals surface area contributed by atoms with Crippen LogP contribution in [0.25, 0.3) is 10.2 Å². The average molecular weight is 395 g/mol. The van der Waals surface area contributed by atoms with Crippen molar-refractivity contribution in [3.63, 3.8) is 0 Å². The highest BCUT2D eigenvalue weighted by atomic mass is 32.1. The van der Waals surface area contributed by atoms with Gasteiger partial charge in [0.15, 0.2) is 6.10 Å². The lowest BCUT2D eigenvalue weighted by atomic mass is 10.1. The van der Waals surface area contributed by atoms with Crippen LogP contribution >= 0.6 is 11.3 Å². The van der Waals surface area contributed by atoms with Gasteiger partial charge < -0.3 is 19.3 Å². The molecule has 0 radical (unpaired) electrons. The van der Waals surface area contributed by atoms with Gasteiger partial charge in [-0.1, -0.05) is 24.3 Å². The minimum absolute atomic E-state index is 0.0344. The first-order chi connectivity index (χ1) is 13.8. The molecule has 0 spiro atoms. The monoisotopic (exact) mass is 395 g/mol. The summed E-state index contributed by atoms with van der Waals surface area (Å²) in [7, 11) is 0. The number of carbonyl (C=O) groups excluding carboxylic acids is 1. The zero-order valence-electron chi connectivity index (χ0n) is 15.4. The molecule has 0 aliphatic carbocycles. The molecule has 2 aliphatic rings. The van der Waals surface area contributed by atoms with E-state index in [1.54, 1.807) is 11.3 Å². The maximum atomic E-state index is 13.0. The van der Waals surface area contributed by atoms with E-state index >= 15 is 0 Å². The first kappa shape index (κ1) is 17.5. The number of nitrogens with zero attached hydrogens (tertiary/aromatic N) is 3. The number of aromatic nitrogens is 1. The predicted molar refractivity (Wildman–Crippen MR) is 109 cm³/mol. The largest absolute Gasteiger partial charge is 0.477 e. The number of fused-ring (bicyclic) bond motifs is 2. The summed E-state index contributed by atoms with van der Waals surface area (Å²) < 4.78 is 12.6. The van der Waals surface area contributed by atoms with Crippen molar-refractivity contribution >= 4 is 33.1 Å². The summed E-state index contributed by atoms with van der Waals surface area (Å²) in [6.07, 6.45) is -0.512. The van der Waals surface area contributed by atoms with E-state index in [9.17, 15) is 4.79 Å². The van der Waals surface area contributed by atoms with Gasteiger partial charge >= 0.3 is 0 Å².